The summed E-state index contributed by atoms with van der Waals surface area (Å²) in [4.78, 5) is 4.41. The monoisotopic (exact) mass is 312 g/mol. The number of aryl methyl sites for hydroxylation is 1. The zero-order chi connectivity index (χ0) is 16.4. The van der Waals surface area contributed by atoms with Crippen LogP contribution in [0.2, 0.25) is 0 Å². The van der Waals surface area contributed by atoms with Crippen molar-refractivity contribution in [2.24, 2.45) is 7.05 Å². The van der Waals surface area contributed by atoms with Gasteiger partial charge in [-0.25, -0.2) is 9.37 Å². The molecule has 0 bridgehead atoms. The molecule has 6 nitrogen and oxygen atoms in total. The zero-order valence-electron chi connectivity index (χ0n) is 13.2. The Labute approximate surface area is 133 Å². The van der Waals surface area contributed by atoms with Gasteiger partial charge in [0.1, 0.15) is 5.82 Å². The molecule has 0 aliphatic heterocycles. The summed E-state index contributed by atoms with van der Waals surface area (Å²) in [5, 5.41) is 15.4. The number of nitrogens with zero attached hydrogens (tertiary/aromatic N) is 5. The van der Waals surface area contributed by atoms with Crippen LogP contribution in [0.25, 0.3) is 11.3 Å². The van der Waals surface area contributed by atoms with Gasteiger partial charge in [-0.15, -0.1) is 5.10 Å². The van der Waals surface area contributed by atoms with E-state index in [2.05, 4.69) is 25.6 Å². The highest BCUT2D eigenvalue weighted by Crippen LogP contribution is 2.21. The molecule has 0 aliphatic carbocycles. The highest BCUT2D eigenvalue weighted by Gasteiger charge is 2.14. The van der Waals surface area contributed by atoms with E-state index in [1.54, 1.807) is 12.1 Å². The van der Waals surface area contributed by atoms with Gasteiger partial charge in [-0.1, -0.05) is 12.1 Å². The molecule has 0 spiro atoms. The molecule has 3 rings (SSSR count). The van der Waals surface area contributed by atoms with Gasteiger partial charge in [-0.2, -0.15) is 10.2 Å². The number of hydrogen-bond donors (Lipinski definition) is 1. The molecule has 0 saturated carbocycles. The van der Waals surface area contributed by atoms with Crippen molar-refractivity contribution in [3.05, 3.63) is 53.7 Å². The van der Waals surface area contributed by atoms with Gasteiger partial charge in [0.15, 0.2) is 0 Å². The molecule has 1 aromatic carbocycles. The molecular formula is C16H17FN6. The van der Waals surface area contributed by atoms with E-state index in [0.29, 0.717) is 17.2 Å². The molecule has 1 atom stereocenters. The van der Waals surface area contributed by atoms with E-state index in [4.69, 9.17) is 0 Å². The van der Waals surface area contributed by atoms with E-state index < -0.39 is 0 Å². The second kappa shape index (κ2) is 6.12. The molecule has 0 saturated heterocycles. The molecule has 1 N–H and O–H groups in total. The number of aromatic nitrogens is 5. The second-order valence-corrected chi connectivity index (χ2v) is 5.35. The fraction of sp³-hybridized carbons (Fsp3) is 0.250. The van der Waals surface area contributed by atoms with Crippen LogP contribution in [-0.2, 0) is 7.05 Å². The average Bonchev–Trinajstić information content (AvgIpc) is 2.87. The normalized spacial score (nSPS) is 12.2. The van der Waals surface area contributed by atoms with Crippen LogP contribution >= 0.6 is 0 Å². The van der Waals surface area contributed by atoms with Crippen LogP contribution in [0.3, 0.4) is 0 Å². The maximum absolute atomic E-state index is 13.3. The molecule has 1 unspecified atom stereocenters. The number of rotatable bonds is 4. The molecule has 0 fully saturated rings. The lowest BCUT2D eigenvalue weighted by molar-refractivity contribution is 0.628. The maximum Gasteiger partial charge on any atom is 0.243 e. The van der Waals surface area contributed by atoms with Crippen LogP contribution in [0, 0.1) is 12.7 Å². The first kappa shape index (κ1) is 15.1. The minimum Gasteiger partial charge on any atom is -0.346 e. The van der Waals surface area contributed by atoms with Crippen LogP contribution in [0.5, 0.6) is 0 Å². The van der Waals surface area contributed by atoms with Crippen molar-refractivity contribution in [1.82, 2.24) is 25.0 Å². The first-order valence-corrected chi connectivity index (χ1v) is 7.25. The lowest BCUT2D eigenvalue weighted by atomic mass is 10.1. The van der Waals surface area contributed by atoms with Gasteiger partial charge < -0.3 is 5.32 Å². The first-order valence-electron chi connectivity index (χ1n) is 7.25. The summed E-state index contributed by atoms with van der Waals surface area (Å²) >= 11 is 0. The van der Waals surface area contributed by atoms with Crippen molar-refractivity contribution < 1.29 is 4.39 Å². The lowest BCUT2D eigenvalue weighted by Gasteiger charge is -2.13. The van der Waals surface area contributed by atoms with Crippen LogP contribution in [0.4, 0.5) is 10.3 Å². The molecule has 118 valence electrons. The van der Waals surface area contributed by atoms with Gasteiger partial charge in [0.05, 0.1) is 24.1 Å². The summed E-state index contributed by atoms with van der Waals surface area (Å²) in [6.45, 7) is 4.00. The second-order valence-electron chi connectivity index (χ2n) is 5.35. The number of hydrogen-bond acceptors (Lipinski definition) is 5. The summed E-state index contributed by atoms with van der Waals surface area (Å²) in [5.41, 5.74) is 3.36. The van der Waals surface area contributed by atoms with Crippen LogP contribution < -0.4 is 5.32 Å². The number of anilines is 1. The summed E-state index contributed by atoms with van der Waals surface area (Å²) in [6, 6.07) is 6.22. The van der Waals surface area contributed by atoms with Crippen LogP contribution in [0.1, 0.15) is 24.2 Å². The highest BCUT2D eigenvalue weighted by atomic mass is 19.1. The van der Waals surface area contributed by atoms with E-state index in [-0.39, 0.29) is 11.9 Å². The van der Waals surface area contributed by atoms with Crippen molar-refractivity contribution in [3.8, 4) is 11.3 Å². The zero-order valence-corrected chi connectivity index (χ0v) is 13.2. The Morgan fingerprint density at radius 3 is 2.78 bits per heavy atom. The van der Waals surface area contributed by atoms with Crippen molar-refractivity contribution >= 4 is 5.95 Å². The standard InChI is InChI=1S/C16H17FN6/c1-10(14-8-19-23(3)11(14)2)20-16-21-15(9-18-22-16)12-5-4-6-13(17)7-12/h4-10H,1-3H3,(H,20,21,22). The van der Waals surface area contributed by atoms with Crippen molar-refractivity contribution in [3.63, 3.8) is 0 Å². The van der Waals surface area contributed by atoms with Gasteiger partial charge in [0, 0.05) is 23.9 Å². The molecule has 23 heavy (non-hydrogen) atoms. The van der Waals surface area contributed by atoms with E-state index >= 15 is 0 Å². The van der Waals surface area contributed by atoms with Gasteiger partial charge in [0.2, 0.25) is 5.95 Å². The third-order valence-corrected chi connectivity index (χ3v) is 3.76. The predicted molar refractivity (Wildman–Crippen MR) is 85.2 cm³/mol. The molecule has 2 heterocycles. The van der Waals surface area contributed by atoms with Crippen LogP contribution in [-0.4, -0.2) is 25.0 Å². The van der Waals surface area contributed by atoms with Crippen LogP contribution in [0.15, 0.2) is 36.7 Å². The topological polar surface area (TPSA) is 68.5 Å². The Kier molecular flexibility index (Phi) is 4.01. The van der Waals surface area contributed by atoms with Crippen molar-refractivity contribution in [1.29, 1.82) is 0 Å². The molecule has 0 radical (unpaired) electrons. The molecule has 3 aromatic rings. The summed E-state index contributed by atoms with van der Waals surface area (Å²) in [6.07, 6.45) is 3.33. The Balaban J connectivity index is 1.84. The van der Waals surface area contributed by atoms with Gasteiger partial charge in [-0.3, -0.25) is 4.68 Å². The van der Waals surface area contributed by atoms with Gasteiger partial charge in [0.25, 0.3) is 0 Å². The maximum atomic E-state index is 13.3. The van der Waals surface area contributed by atoms with Gasteiger partial charge >= 0.3 is 0 Å². The molecular weight excluding hydrogens is 295 g/mol. The van der Waals surface area contributed by atoms with E-state index in [9.17, 15) is 4.39 Å². The predicted octanol–water partition coefficient (Wildman–Crippen LogP) is 2.89. The quantitative estimate of drug-likeness (QED) is 0.802. The Hall–Kier alpha value is -2.83. The largest absolute Gasteiger partial charge is 0.346 e. The number of halogens is 1. The van der Waals surface area contributed by atoms with E-state index in [1.165, 1.54) is 18.3 Å². The Morgan fingerprint density at radius 2 is 2.09 bits per heavy atom. The molecule has 0 aliphatic rings. The van der Waals surface area contributed by atoms with Crippen molar-refractivity contribution in [2.45, 2.75) is 19.9 Å². The molecule has 2 aromatic heterocycles. The van der Waals surface area contributed by atoms with E-state index in [1.807, 2.05) is 31.8 Å². The third kappa shape index (κ3) is 3.18. The smallest absolute Gasteiger partial charge is 0.243 e. The summed E-state index contributed by atoms with van der Waals surface area (Å²) < 4.78 is 15.2. The van der Waals surface area contributed by atoms with Gasteiger partial charge in [-0.05, 0) is 26.0 Å². The summed E-state index contributed by atoms with van der Waals surface area (Å²) in [5.74, 6) is 0.0810. The Bertz CT molecular complexity index is 829. The number of benzene rings is 1. The van der Waals surface area contributed by atoms with E-state index in [0.717, 1.165) is 11.3 Å². The first-order chi connectivity index (χ1) is 11.0. The number of nitrogens with one attached hydrogen (secondary N) is 1. The fourth-order valence-corrected chi connectivity index (χ4v) is 2.36. The average molecular weight is 312 g/mol. The lowest BCUT2D eigenvalue weighted by Crippen LogP contribution is -2.11. The summed E-state index contributed by atoms with van der Waals surface area (Å²) in [7, 11) is 1.90. The third-order valence-electron chi connectivity index (χ3n) is 3.76. The molecule has 0 amide bonds. The minimum atomic E-state index is -0.310. The Morgan fingerprint density at radius 1 is 1.26 bits per heavy atom. The molecule has 7 heteroatoms. The van der Waals surface area contributed by atoms with Crippen molar-refractivity contribution in [2.75, 3.05) is 5.32 Å². The highest BCUT2D eigenvalue weighted by molar-refractivity contribution is 5.59. The fourth-order valence-electron chi connectivity index (χ4n) is 2.36. The SMILES string of the molecule is Cc1c(C(C)Nc2nncc(-c3cccc(F)c3)n2)cnn1C. The minimum absolute atomic E-state index is 0.0201.